The molecule has 0 fully saturated rings. The fourth-order valence-electron chi connectivity index (χ4n) is 2.81. The van der Waals surface area contributed by atoms with Crippen LogP contribution in [0.4, 0.5) is 0 Å². The molecule has 170 valence electrons. The maximum atomic E-state index is 12.7. The Balaban J connectivity index is 2.88. The minimum absolute atomic E-state index is 0.112. The van der Waals surface area contributed by atoms with E-state index in [-0.39, 0.29) is 17.2 Å². The van der Waals surface area contributed by atoms with Crippen molar-refractivity contribution in [3.63, 3.8) is 0 Å². The Labute approximate surface area is 185 Å². The number of rotatable bonds is 13. The summed E-state index contributed by atoms with van der Waals surface area (Å²) in [4.78, 5) is 25.1. The van der Waals surface area contributed by atoms with Crippen LogP contribution in [0, 0.1) is 0 Å². The third-order valence-corrected chi connectivity index (χ3v) is 4.94. The number of hydrogen-bond donors (Lipinski definition) is 2. The van der Waals surface area contributed by atoms with Gasteiger partial charge in [0.05, 0.1) is 7.11 Å². The SMILES string of the molecule is C=C(N/C=C/CCC(C)c1cc(O)c(C(=O)/C(C)=C/C=C(\C)CCCC)c(=O)o1)OC. The monoisotopic (exact) mass is 429 g/mol. The van der Waals surface area contributed by atoms with Gasteiger partial charge in [0.15, 0.2) is 11.7 Å². The molecule has 0 aliphatic carbocycles. The number of ketones is 1. The first-order valence-electron chi connectivity index (χ1n) is 10.6. The highest BCUT2D eigenvalue weighted by Gasteiger charge is 2.21. The average Bonchev–Trinajstić information content (AvgIpc) is 2.74. The van der Waals surface area contributed by atoms with Gasteiger partial charge in [-0.1, -0.05) is 44.1 Å². The van der Waals surface area contributed by atoms with Gasteiger partial charge in [-0.2, -0.15) is 0 Å². The van der Waals surface area contributed by atoms with Crippen LogP contribution in [0.25, 0.3) is 0 Å². The maximum absolute atomic E-state index is 12.7. The Hall–Kier alpha value is -3.02. The van der Waals surface area contributed by atoms with Crippen molar-refractivity contribution >= 4 is 5.78 Å². The van der Waals surface area contributed by atoms with Crippen LogP contribution >= 0.6 is 0 Å². The molecule has 6 nitrogen and oxygen atoms in total. The van der Waals surface area contributed by atoms with Crippen molar-refractivity contribution in [3.05, 3.63) is 75.8 Å². The molecule has 1 atom stereocenters. The van der Waals surface area contributed by atoms with Crippen molar-refractivity contribution < 1.29 is 19.1 Å². The van der Waals surface area contributed by atoms with Crippen LogP contribution in [-0.4, -0.2) is 18.0 Å². The van der Waals surface area contributed by atoms with E-state index in [1.54, 1.807) is 19.2 Å². The van der Waals surface area contributed by atoms with E-state index in [1.807, 2.05) is 26.0 Å². The van der Waals surface area contributed by atoms with Crippen molar-refractivity contribution in [1.82, 2.24) is 5.32 Å². The standard InChI is InChI=1S/C25H35NO5/c1-7-8-11-17(2)13-14-19(4)24(28)23-21(27)16-22(31-25(23)29)18(3)12-9-10-15-26-20(5)30-6/h10,13-16,18,26-27H,5,7-9,11-12H2,1-4,6H3/b15-10+,17-13+,19-14+. The van der Waals surface area contributed by atoms with Crippen LogP contribution in [0.2, 0.25) is 0 Å². The Kier molecular flexibility index (Phi) is 11.2. The van der Waals surface area contributed by atoms with Gasteiger partial charge in [0.1, 0.15) is 17.1 Å². The Morgan fingerprint density at radius 2 is 2.06 bits per heavy atom. The summed E-state index contributed by atoms with van der Waals surface area (Å²) in [6.07, 6.45) is 11.7. The van der Waals surface area contributed by atoms with Crippen molar-refractivity contribution in [3.8, 4) is 5.75 Å². The van der Waals surface area contributed by atoms with Gasteiger partial charge >= 0.3 is 5.63 Å². The van der Waals surface area contributed by atoms with Crippen molar-refractivity contribution in [2.75, 3.05) is 7.11 Å². The molecule has 1 rings (SSSR count). The predicted octanol–water partition coefficient (Wildman–Crippen LogP) is 5.72. The summed E-state index contributed by atoms with van der Waals surface area (Å²) >= 11 is 0. The molecule has 31 heavy (non-hydrogen) atoms. The normalized spacial score (nSPS) is 13.3. The van der Waals surface area contributed by atoms with Crippen LogP contribution < -0.4 is 10.9 Å². The molecule has 1 heterocycles. The van der Waals surface area contributed by atoms with E-state index in [0.717, 1.165) is 24.8 Å². The van der Waals surface area contributed by atoms with E-state index in [9.17, 15) is 14.7 Å². The summed E-state index contributed by atoms with van der Waals surface area (Å²) in [6.45, 7) is 11.3. The lowest BCUT2D eigenvalue weighted by molar-refractivity contribution is 0.102. The number of carbonyl (C=O) groups is 1. The van der Waals surface area contributed by atoms with Gasteiger partial charge in [-0.15, -0.1) is 0 Å². The number of aromatic hydroxyl groups is 1. The summed E-state index contributed by atoms with van der Waals surface area (Å²) in [5.74, 6) is -0.206. The predicted molar refractivity (Wildman–Crippen MR) is 124 cm³/mol. The molecule has 1 aromatic heterocycles. The zero-order valence-electron chi connectivity index (χ0n) is 19.3. The summed E-state index contributed by atoms with van der Waals surface area (Å²) in [7, 11) is 1.52. The number of nitrogens with one attached hydrogen (secondary N) is 1. The molecular weight excluding hydrogens is 394 g/mol. The van der Waals surface area contributed by atoms with Crippen LogP contribution in [0.5, 0.6) is 5.75 Å². The molecule has 2 N–H and O–H groups in total. The average molecular weight is 430 g/mol. The van der Waals surface area contributed by atoms with Crippen molar-refractivity contribution in [2.45, 2.75) is 65.7 Å². The molecule has 0 saturated heterocycles. The quantitative estimate of drug-likeness (QED) is 0.181. The molecule has 6 heteroatoms. The molecule has 0 spiro atoms. The van der Waals surface area contributed by atoms with Crippen molar-refractivity contribution in [1.29, 1.82) is 0 Å². The molecule has 0 aliphatic heterocycles. The third kappa shape index (κ3) is 8.70. The lowest BCUT2D eigenvalue weighted by Crippen LogP contribution is -2.16. The number of methoxy groups -OCH3 is 1. The van der Waals surface area contributed by atoms with Crippen LogP contribution in [-0.2, 0) is 4.74 Å². The topological polar surface area (TPSA) is 88.8 Å². The number of carbonyl (C=O) groups excluding carboxylic acids is 1. The first-order valence-corrected chi connectivity index (χ1v) is 10.6. The fraction of sp³-hybridized carbons (Fsp3) is 0.440. The molecule has 0 aromatic carbocycles. The van der Waals surface area contributed by atoms with E-state index in [1.165, 1.54) is 13.2 Å². The second-order valence-electron chi connectivity index (χ2n) is 7.64. The molecule has 0 radical (unpaired) electrons. The van der Waals surface area contributed by atoms with Crippen LogP contribution in [0.1, 0.15) is 81.8 Å². The van der Waals surface area contributed by atoms with Crippen LogP contribution in [0.15, 0.2) is 63.3 Å². The van der Waals surface area contributed by atoms with E-state index in [4.69, 9.17) is 9.15 Å². The Bertz CT molecular complexity index is 905. The van der Waals surface area contributed by atoms with E-state index >= 15 is 0 Å². The number of Topliss-reactive ketones (excluding diaryl/α,β-unsaturated/α-hetero) is 1. The third-order valence-electron chi connectivity index (χ3n) is 4.94. The number of allylic oxidation sites excluding steroid dienone is 5. The second kappa shape index (κ2) is 13.3. The first kappa shape index (κ1) is 26.0. The molecular formula is C25H35NO5. The zero-order chi connectivity index (χ0) is 23.4. The Morgan fingerprint density at radius 1 is 1.35 bits per heavy atom. The fourth-order valence-corrected chi connectivity index (χ4v) is 2.81. The van der Waals surface area contributed by atoms with Gasteiger partial charge < -0.3 is 19.6 Å². The van der Waals surface area contributed by atoms with E-state index < -0.39 is 11.4 Å². The highest BCUT2D eigenvalue weighted by Crippen LogP contribution is 2.26. The molecule has 0 aliphatic rings. The van der Waals surface area contributed by atoms with Gasteiger partial charge in [-0.25, -0.2) is 4.79 Å². The van der Waals surface area contributed by atoms with Crippen molar-refractivity contribution in [2.24, 2.45) is 0 Å². The molecule has 1 aromatic rings. The molecule has 0 bridgehead atoms. The maximum Gasteiger partial charge on any atom is 0.351 e. The summed E-state index contributed by atoms with van der Waals surface area (Å²) in [5, 5.41) is 13.2. The van der Waals surface area contributed by atoms with E-state index in [2.05, 4.69) is 18.8 Å². The number of unbranched alkanes of at least 4 members (excludes halogenated alkanes) is 1. The lowest BCUT2D eigenvalue weighted by Gasteiger charge is -2.11. The van der Waals surface area contributed by atoms with E-state index in [0.29, 0.717) is 30.1 Å². The highest BCUT2D eigenvalue weighted by molar-refractivity contribution is 6.09. The zero-order valence-corrected chi connectivity index (χ0v) is 19.3. The largest absolute Gasteiger partial charge is 0.507 e. The first-order chi connectivity index (χ1) is 14.7. The minimum atomic E-state index is -0.820. The summed E-state index contributed by atoms with van der Waals surface area (Å²) in [5.41, 5.74) is 0.381. The molecule has 1 unspecified atom stereocenters. The van der Waals surface area contributed by atoms with Gasteiger partial charge in [-0.3, -0.25) is 4.79 Å². The summed E-state index contributed by atoms with van der Waals surface area (Å²) in [6, 6.07) is 1.36. The van der Waals surface area contributed by atoms with Crippen LogP contribution in [0.3, 0.4) is 0 Å². The number of hydrogen-bond acceptors (Lipinski definition) is 6. The highest BCUT2D eigenvalue weighted by atomic mass is 16.5. The minimum Gasteiger partial charge on any atom is -0.507 e. The van der Waals surface area contributed by atoms with Gasteiger partial charge in [0.25, 0.3) is 0 Å². The van der Waals surface area contributed by atoms with Gasteiger partial charge in [0, 0.05) is 12.0 Å². The van der Waals surface area contributed by atoms with Gasteiger partial charge in [-0.05, 0) is 57.9 Å². The molecule has 0 saturated carbocycles. The lowest BCUT2D eigenvalue weighted by atomic mass is 9.99. The summed E-state index contributed by atoms with van der Waals surface area (Å²) < 4.78 is 10.3. The van der Waals surface area contributed by atoms with Gasteiger partial charge in [0.2, 0.25) is 0 Å². The Morgan fingerprint density at radius 3 is 2.68 bits per heavy atom. The second-order valence-corrected chi connectivity index (χ2v) is 7.64. The molecule has 0 amide bonds. The smallest absolute Gasteiger partial charge is 0.351 e. The number of ether oxygens (including phenoxy) is 1.